The molecule has 1 unspecified atom stereocenters. The molecule has 1 rings (SSSR count). The minimum atomic E-state index is 0.640. The van der Waals surface area contributed by atoms with Gasteiger partial charge < -0.3 is 15.2 Å². The molecule has 0 radical (unpaired) electrons. The lowest BCUT2D eigenvalue weighted by atomic mass is 10.2. The van der Waals surface area contributed by atoms with Gasteiger partial charge in [0.1, 0.15) is 0 Å². The van der Waals surface area contributed by atoms with E-state index in [0.29, 0.717) is 12.6 Å². The molecule has 0 spiro atoms. The first-order chi connectivity index (χ1) is 7.69. The van der Waals surface area contributed by atoms with Gasteiger partial charge in [0.15, 0.2) is 0 Å². The van der Waals surface area contributed by atoms with Crippen LogP contribution in [0.15, 0.2) is 12.5 Å². The lowest BCUT2D eigenvalue weighted by Crippen LogP contribution is -2.31. The number of imidazole rings is 1. The molecule has 0 aliphatic carbocycles. The molecule has 0 amide bonds. The molecule has 92 valence electrons. The van der Waals surface area contributed by atoms with Crippen molar-refractivity contribution in [1.29, 1.82) is 0 Å². The Morgan fingerprint density at radius 2 is 2.31 bits per heavy atom. The predicted molar refractivity (Wildman–Crippen MR) is 67.4 cm³/mol. The van der Waals surface area contributed by atoms with Gasteiger partial charge in [0.05, 0.1) is 6.33 Å². The Kier molecular flexibility index (Phi) is 5.49. The molecule has 0 fully saturated rings. The number of likely N-dealkylation sites (N-methyl/N-ethyl adjacent to an activating group) is 1. The maximum Gasteiger partial charge on any atom is 0.0948 e. The highest BCUT2D eigenvalue weighted by Crippen LogP contribution is 2.03. The Bertz CT molecular complexity index is 295. The van der Waals surface area contributed by atoms with Gasteiger partial charge in [-0.1, -0.05) is 6.92 Å². The van der Waals surface area contributed by atoms with Crippen LogP contribution in [0.2, 0.25) is 0 Å². The molecule has 1 aromatic heterocycles. The second kappa shape index (κ2) is 6.66. The van der Waals surface area contributed by atoms with Crippen molar-refractivity contribution in [3.8, 4) is 0 Å². The van der Waals surface area contributed by atoms with Crippen LogP contribution in [-0.2, 0) is 13.0 Å². The molecular weight excluding hydrogens is 200 g/mol. The summed E-state index contributed by atoms with van der Waals surface area (Å²) in [6, 6.07) is 0.640. The molecule has 0 aromatic carbocycles. The summed E-state index contributed by atoms with van der Waals surface area (Å²) in [5.41, 5.74) is 6.80. The molecule has 16 heavy (non-hydrogen) atoms. The Morgan fingerprint density at radius 1 is 1.56 bits per heavy atom. The maximum absolute atomic E-state index is 5.56. The van der Waals surface area contributed by atoms with Crippen LogP contribution in [0.5, 0.6) is 0 Å². The molecular formula is C12H24N4. The summed E-state index contributed by atoms with van der Waals surface area (Å²) in [5.74, 6) is 0. The Hall–Kier alpha value is -0.870. The molecule has 4 heteroatoms. The smallest absolute Gasteiger partial charge is 0.0948 e. The average Bonchev–Trinajstić information content (AvgIpc) is 2.73. The van der Waals surface area contributed by atoms with Crippen molar-refractivity contribution in [2.45, 2.75) is 39.3 Å². The van der Waals surface area contributed by atoms with Crippen LogP contribution in [0, 0.1) is 0 Å². The van der Waals surface area contributed by atoms with Gasteiger partial charge in [-0.2, -0.15) is 0 Å². The van der Waals surface area contributed by atoms with Crippen LogP contribution in [-0.4, -0.2) is 40.6 Å². The second-order valence-electron chi connectivity index (χ2n) is 4.35. The van der Waals surface area contributed by atoms with E-state index in [1.807, 2.05) is 12.5 Å². The maximum atomic E-state index is 5.56. The van der Waals surface area contributed by atoms with Gasteiger partial charge >= 0.3 is 0 Å². The minimum Gasteiger partial charge on any atom is -0.333 e. The van der Waals surface area contributed by atoms with Gasteiger partial charge in [0, 0.05) is 37.4 Å². The minimum absolute atomic E-state index is 0.640. The van der Waals surface area contributed by atoms with Gasteiger partial charge in [-0.05, 0) is 26.9 Å². The first-order valence-electron chi connectivity index (χ1n) is 6.08. The first kappa shape index (κ1) is 13.2. The van der Waals surface area contributed by atoms with Gasteiger partial charge in [-0.15, -0.1) is 0 Å². The zero-order valence-corrected chi connectivity index (χ0v) is 10.7. The van der Waals surface area contributed by atoms with E-state index in [9.17, 15) is 0 Å². The van der Waals surface area contributed by atoms with E-state index in [-0.39, 0.29) is 0 Å². The molecule has 4 nitrogen and oxygen atoms in total. The normalized spacial score (nSPS) is 13.3. The molecule has 0 saturated heterocycles. The Labute approximate surface area is 98.5 Å². The van der Waals surface area contributed by atoms with Crippen LogP contribution >= 0.6 is 0 Å². The van der Waals surface area contributed by atoms with E-state index in [2.05, 4.69) is 35.3 Å². The lowest BCUT2D eigenvalue weighted by molar-refractivity contribution is 0.241. The molecule has 1 aromatic rings. The summed E-state index contributed by atoms with van der Waals surface area (Å²) in [6.07, 6.45) is 5.91. The van der Waals surface area contributed by atoms with Crippen LogP contribution in [0.25, 0.3) is 0 Å². The zero-order chi connectivity index (χ0) is 12.0. The van der Waals surface area contributed by atoms with Gasteiger partial charge in [-0.25, -0.2) is 4.98 Å². The fourth-order valence-corrected chi connectivity index (χ4v) is 1.70. The van der Waals surface area contributed by atoms with Crippen molar-refractivity contribution in [3.63, 3.8) is 0 Å². The molecule has 1 atom stereocenters. The van der Waals surface area contributed by atoms with Crippen molar-refractivity contribution < 1.29 is 0 Å². The lowest BCUT2D eigenvalue weighted by Gasteiger charge is -2.23. The highest BCUT2D eigenvalue weighted by atomic mass is 15.2. The van der Waals surface area contributed by atoms with E-state index in [1.165, 1.54) is 12.1 Å². The summed E-state index contributed by atoms with van der Waals surface area (Å²) in [5, 5.41) is 0. The Morgan fingerprint density at radius 3 is 2.94 bits per heavy atom. The third-order valence-electron chi connectivity index (χ3n) is 3.24. The average molecular weight is 224 g/mol. The van der Waals surface area contributed by atoms with Crippen molar-refractivity contribution >= 4 is 0 Å². The number of rotatable bonds is 7. The number of nitrogens with zero attached hydrogens (tertiary/aromatic N) is 3. The zero-order valence-electron chi connectivity index (χ0n) is 10.7. The predicted octanol–water partition coefficient (Wildman–Crippen LogP) is 1.11. The van der Waals surface area contributed by atoms with E-state index in [4.69, 9.17) is 5.73 Å². The quantitative estimate of drug-likeness (QED) is 0.755. The molecule has 0 aliphatic heterocycles. The molecule has 2 N–H and O–H groups in total. The van der Waals surface area contributed by atoms with E-state index in [1.54, 1.807) is 0 Å². The van der Waals surface area contributed by atoms with Crippen LogP contribution in [0.4, 0.5) is 0 Å². The highest BCUT2D eigenvalue weighted by Gasteiger charge is 2.07. The molecule has 1 heterocycles. The van der Waals surface area contributed by atoms with Crippen molar-refractivity contribution in [1.82, 2.24) is 14.5 Å². The van der Waals surface area contributed by atoms with Gasteiger partial charge in [0.2, 0.25) is 0 Å². The van der Waals surface area contributed by atoms with E-state index in [0.717, 1.165) is 19.5 Å². The number of hydrogen-bond acceptors (Lipinski definition) is 3. The van der Waals surface area contributed by atoms with Crippen LogP contribution in [0.3, 0.4) is 0 Å². The van der Waals surface area contributed by atoms with Crippen LogP contribution < -0.4 is 5.73 Å². The SMILES string of the molecule is CCC(C)N(C)CCn1cncc1CCN. The monoisotopic (exact) mass is 224 g/mol. The number of nitrogens with two attached hydrogens (primary N) is 1. The number of aromatic nitrogens is 2. The van der Waals surface area contributed by atoms with Gasteiger partial charge in [0.25, 0.3) is 0 Å². The van der Waals surface area contributed by atoms with E-state index < -0.39 is 0 Å². The summed E-state index contributed by atoms with van der Waals surface area (Å²) in [7, 11) is 2.17. The highest BCUT2D eigenvalue weighted by molar-refractivity contribution is 4.98. The van der Waals surface area contributed by atoms with Crippen molar-refractivity contribution in [2.24, 2.45) is 5.73 Å². The van der Waals surface area contributed by atoms with Crippen molar-refractivity contribution in [2.75, 3.05) is 20.1 Å². The molecule has 0 saturated carbocycles. The summed E-state index contributed by atoms with van der Waals surface area (Å²) in [4.78, 5) is 6.55. The topological polar surface area (TPSA) is 47.1 Å². The standard InChI is InChI=1S/C12H24N4/c1-4-11(2)15(3)7-8-16-10-14-9-12(16)5-6-13/h9-11H,4-8,13H2,1-3H3. The fourth-order valence-electron chi connectivity index (χ4n) is 1.70. The third-order valence-corrected chi connectivity index (χ3v) is 3.24. The largest absolute Gasteiger partial charge is 0.333 e. The summed E-state index contributed by atoms with van der Waals surface area (Å²) in [6.45, 7) is 7.22. The summed E-state index contributed by atoms with van der Waals surface area (Å²) < 4.78 is 2.20. The van der Waals surface area contributed by atoms with Crippen LogP contribution in [0.1, 0.15) is 26.0 Å². The number of hydrogen-bond donors (Lipinski definition) is 1. The van der Waals surface area contributed by atoms with E-state index >= 15 is 0 Å². The fraction of sp³-hybridized carbons (Fsp3) is 0.750. The molecule has 0 aliphatic rings. The third kappa shape index (κ3) is 3.61. The van der Waals surface area contributed by atoms with Gasteiger partial charge in [-0.3, -0.25) is 0 Å². The second-order valence-corrected chi connectivity index (χ2v) is 4.35. The van der Waals surface area contributed by atoms with Crippen molar-refractivity contribution in [3.05, 3.63) is 18.2 Å². The molecule has 0 bridgehead atoms. The Balaban J connectivity index is 2.44. The summed E-state index contributed by atoms with van der Waals surface area (Å²) >= 11 is 0. The first-order valence-corrected chi connectivity index (χ1v) is 6.08.